The topological polar surface area (TPSA) is 67.2 Å². The van der Waals surface area contributed by atoms with Gasteiger partial charge in [-0.1, -0.05) is 0 Å². The lowest BCUT2D eigenvalue weighted by Crippen LogP contribution is -2.59. The molecule has 5 heteroatoms. The lowest BCUT2D eigenvalue weighted by atomic mass is 9.92. The number of nitrogens with one attached hydrogen (secondary N) is 1. The van der Waals surface area contributed by atoms with Gasteiger partial charge in [-0.05, 0) is 45.6 Å². The molecule has 100 valence electrons. The molecular weight excluding hydrogens is 230 g/mol. The van der Waals surface area contributed by atoms with Gasteiger partial charge < -0.3 is 5.11 Å². The third-order valence-corrected chi connectivity index (χ3v) is 3.39. The van der Waals surface area contributed by atoms with Gasteiger partial charge in [0.1, 0.15) is 5.54 Å². The fourth-order valence-corrected chi connectivity index (χ4v) is 2.49. The first-order valence-electron chi connectivity index (χ1n) is 6.45. The number of hydrogen-bond donors (Lipinski definition) is 2. The van der Waals surface area contributed by atoms with E-state index in [9.17, 15) is 9.90 Å². The molecule has 1 heterocycles. The van der Waals surface area contributed by atoms with Crippen molar-refractivity contribution >= 4 is 5.97 Å². The van der Waals surface area contributed by atoms with Crippen molar-refractivity contribution in [2.45, 2.75) is 51.7 Å². The highest BCUT2D eigenvalue weighted by Crippen LogP contribution is 2.41. The van der Waals surface area contributed by atoms with Crippen LogP contribution in [0.15, 0.2) is 12.3 Å². The zero-order chi connectivity index (χ0) is 13.3. The zero-order valence-electron chi connectivity index (χ0n) is 11.2. The van der Waals surface area contributed by atoms with Crippen LogP contribution in [-0.2, 0) is 11.3 Å². The van der Waals surface area contributed by atoms with Crippen LogP contribution in [0.2, 0.25) is 0 Å². The third kappa shape index (κ3) is 2.56. The molecule has 1 aromatic heterocycles. The molecule has 1 fully saturated rings. The summed E-state index contributed by atoms with van der Waals surface area (Å²) in [7, 11) is 0. The Morgan fingerprint density at radius 2 is 2.33 bits per heavy atom. The number of aromatic nitrogens is 2. The summed E-state index contributed by atoms with van der Waals surface area (Å²) in [5, 5.41) is 17.2. The predicted molar refractivity (Wildman–Crippen MR) is 68.3 cm³/mol. The number of rotatable bonds is 6. The van der Waals surface area contributed by atoms with Gasteiger partial charge in [0.05, 0.1) is 12.2 Å². The van der Waals surface area contributed by atoms with Gasteiger partial charge in [0.2, 0.25) is 0 Å². The Morgan fingerprint density at radius 3 is 2.72 bits per heavy atom. The minimum Gasteiger partial charge on any atom is -0.480 e. The van der Waals surface area contributed by atoms with Gasteiger partial charge in [-0.2, -0.15) is 5.10 Å². The minimum atomic E-state index is -0.882. The Bertz CT molecular complexity index is 437. The van der Waals surface area contributed by atoms with E-state index in [4.69, 9.17) is 0 Å². The van der Waals surface area contributed by atoms with Crippen LogP contribution in [0.25, 0.3) is 0 Å². The molecule has 2 rings (SSSR count). The van der Waals surface area contributed by atoms with Crippen molar-refractivity contribution in [1.82, 2.24) is 15.1 Å². The minimum absolute atomic E-state index is 0.137. The van der Waals surface area contributed by atoms with E-state index in [0.29, 0.717) is 6.54 Å². The molecule has 1 atom stereocenters. The molecule has 1 unspecified atom stereocenters. The fourth-order valence-electron chi connectivity index (χ4n) is 2.49. The summed E-state index contributed by atoms with van der Waals surface area (Å²) in [4.78, 5) is 11.7. The molecule has 1 aliphatic carbocycles. The van der Waals surface area contributed by atoms with E-state index in [1.807, 2.05) is 33.0 Å². The molecule has 0 amide bonds. The van der Waals surface area contributed by atoms with Crippen molar-refractivity contribution in [3.05, 3.63) is 18.0 Å². The maximum Gasteiger partial charge on any atom is 0.326 e. The highest BCUT2D eigenvalue weighted by Gasteiger charge is 2.51. The Hall–Kier alpha value is -1.36. The Labute approximate surface area is 107 Å². The van der Waals surface area contributed by atoms with Gasteiger partial charge in [0.15, 0.2) is 0 Å². The van der Waals surface area contributed by atoms with Crippen molar-refractivity contribution in [2.75, 3.05) is 0 Å². The SMILES string of the molecule is Cc1ccn(CC(NC(C)C)(C(=O)O)C2CC2)n1. The average Bonchev–Trinajstić information content (AvgIpc) is 3.02. The number of hydrogen-bond acceptors (Lipinski definition) is 3. The van der Waals surface area contributed by atoms with Crippen LogP contribution in [-0.4, -0.2) is 32.4 Å². The Kier molecular flexibility index (Phi) is 3.43. The monoisotopic (exact) mass is 251 g/mol. The molecule has 0 aliphatic heterocycles. The van der Waals surface area contributed by atoms with E-state index in [2.05, 4.69) is 10.4 Å². The second kappa shape index (κ2) is 4.72. The lowest BCUT2D eigenvalue weighted by Gasteiger charge is -2.32. The first-order chi connectivity index (χ1) is 8.44. The number of carbonyl (C=O) groups is 1. The molecule has 2 N–H and O–H groups in total. The normalized spacial score (nSPS) is 18.9. The largest absolute Gasteiger partial charge is 0.480 e. The van der Waals surface area contributed by atoms with Crippen molar-refractivity contribution in [3.8, 4) is 0 Å². The number of carboxylic acids is 1. The molecular formula is C13H21N3O2. The van der Waals surface area contributed by atoms with Gasteiger partial charge in [-0.3, -0.25) is 14.8 Å². The maximum absolute atomic E-state index is 11.7. The van der Waals surface area contributed by atoms with Gasteiger partial charge >= 0.3 is 5.97 Å². The van der Waals surface area contributed by atoms with Crippen molar-refractivity contribution < 1.29 is 9.90 Å². The van der Waals surface area contributed by atoms with Crippen molar-refractivity contribution in [2.24, 2.45) is 5.92 Å². The molecule has 0 aromatic carbocycles. The molecule has 0 radical (unpaired) electrons. The van der Waals surface area contributed by atoms with Crippen molar-refractivity contribution in [1.29, 1.82) is 0 Å². The first kappa shape index (κ1) is 13.1. The number of nitrogens with zero attached hydrogens (tertiary/aromatic N) is 2. The van der Waals surface area contributed by atoms with Gasteiger partial charge in [0, 0.05) is 12.2 Å². The second-order valence-corrected chi connectivity index (χ2v) is 5.50. The van der Waals surface area contributed by atoms with Gasteiger partial charge in [0.25, 0.3) is 0 Å². The Morgan fingerprint density at radius 1 is 1.67 bits per heavy atom. The molecule has 5 nitrogen and oxygen atoms in total. The third-order valence-electron chi connectivity index (χ3n) is 3.39. The molecule has 0 saturated heterocycles. The lowest BCUT2D eigenvalue weighted by molar-refractivity contribution is -0.147. The maximum atomic E-state index is 11.7. The standard InChI is InChI=1S/C13H21N3O2/c1-9(2)14-13(12(17)18,11-4-5-11)8-16-7-6-10(3)15-16/h6-7,9,11,14H,4-5,8H2,1-3H3,(H,17,18). The quantitative estimate of drug-likeness (QED) is 0.802. The van der Waals surface area contributed by atoms with E-state index in [0.717, 1.165) is 18.5 Å². The van der Waals surface area contributed by atoms with Crippen LogP contribution < -0.4 is 5.32 Å². The van der Waals surface area contributed by atoms with Gasteiger partial charge in [-0.25, -0.2) is 0 Å². The summed E-state index contributed by atoms with van der Waals surface area (Å²) in [5.74, 6) is -0.561. The second-order valence-electron chi connectivity index (χ2n) is 5.50. The Balaban J connectivity index is 2.25. The van der Waals surface area contributed by atoms with E-state index in [-0.39, 0.29) is 12.0 Å². The molecule has 0 spiro atoms. The summed E-state index contributed by atoms with van der Waals surface area (Å²) in [6, 6.07) is 2.04. The number of carboxylic acid groups (broad SMARTS) is 1. The summed E-state index contributed by atoms with van der Waals surface area (Å²) in [6.45, 7) is 6.26. The predicted octanol–water partition coefficient (Wildman–Crippen LogP) is 1.42. The first-order valence-corrected chi connectivity index (χ1v) is 6.45. The summed E-state index contributed by atoms with van der Waals surface area (Å²) < 4.78 is 1.73. The highest BCUT2D eigenvalue weighted by atomic mass is 16.4. The summed E-state index contributed by atoms with van der Waals surface area (Å²) in [5.41, 5.74) is 0.0294. The smallest absolute Gasteiger partial charge is 0.326 e. The van der Waals surface area contributed by atoms with Crippen LogP contribution in [0.1, 0.15) is 32.4 Å². The molecule has 1 saturated carbocycles. The van der Waals surface area contributed by atoms with Crippen LogP contribution >= 0.6 is 0 Å². The molecule has 18 heavy (non-hydrogen) atoms. The molecule has 1 aromatic rings. The van der Waals surface area contributed by atoms with Gasteiger partial charge in [-0.15, -0.1) is 0 Å². The fraction of sp³-hybridized carbons (Fsp3) is 0.692. The van der Waals surface area contributed by atoms with E-state index in [1.54, 1.807) is 4.68 Å². The van der Waals surface area contributed by atoms with Crippen LogP contribution in [0, 0.1) is 12.8 Å². The summed E-state index contributed by atoms with van der Waals surface area (Å²) >= 11 is 0. The van der Waals surface area contributed by atoms with Crippen LogP contribution in [0.5, 0.6) is 0 Å². The highest BCUT2D eigenvalue weighted by molar-refractivity contribution is 5.79. The average molecular weight is 251 g/mol. The number of aryl methyl sites for hydroxylation is 1. The zero-order valence-corrected chi connectivity index (χ0v) is 11.2. The molecule has 1 aliphatic rings. The van der Waals surface area contributed by atoms with E-state index in [1.165, 1.54) is 0 Å². The van der Waals surface area contributed by atoms with E-state index >= 15 is 0 Å². The van der Waals surface area contributed by atoms with Crippen molar-refractivity contribution in [3.63, 3.8) is 0 Å². The molecule has 0 bridgehead atoms. The number of aliphatic carboxylic acids is 1. The summed E-state index contributed by atoms with van der Waals surface area (Å²) in [6.07, 6.45) is 3.80. The van der Waals surface area contributed by atoms with Crippen LogP contribution in [0.4, 0.5) is 0 Å². The van der Waals surface area contributed by atoms with E-state index < -0.39 is 11.5 Å². The van der Waals surface area contributed by atoms with Crippen LogP contribution in [0.3, 0.4) is 0 Å².